The molecular formula is C16H24N2O2. The SMILES string of the molecule is O=C(Cc1ccccc1)CN1CCCN(CCO)CC1. The van der Waals surface area contributed by atoms with Crippen LogP contribution in [0.15, 0.2) is 30.3 Å². The Labute approximate surface area is 121 Å². The fourth-order valence-electron chi connectivity index (χ4n) is 2.68. The van der Waals surface area contributed by atoms with Crippen LogP contribution in [0.1, 0.15) is 12.0 Å². The quantitative estimate of drug-likeness (QED) is 0.834. The Morgan fingerprint density at radius 2 is 1.75 bits per heavy atom. The number of carbonyl (C=O) groups excluding carboxylic acids is 1. The molecule has 0 atom stereocenters. The van der Waals surface area contributed by atoms with Crippen molar-refractivity contribution in [3.8, 4) is 0 Å². The Morgan fingerprint density at radius 3 is 2.50 bits per heavy atom. The molecule has 4 nitrogen and oxygen atoms in total. The van der Waals surface area contributed by atoms with Crippen LogP contribution in [-0.4, -0.2) is 66.6 Å². The van der Waals surface area contributed by atoms with Gasteiger partial charge in [0.1, 0.15) is 0 Å². The van der Waals surface area contributed by atoms with Gasteiger partial charge in [0.25, 0.3) is 0 Å². The number of Topliss-reactive ketones (excluding diaryl/α,β-unsaturated/α-hetero) is 1. The number of β-amino-alcohol motifs (C(OH)–C–C–N with tert-alkyl or cyclic N) is 1. The molecule has 1 aliphatic heterocycles. The fraction of sp³-hybridized carbons (Fsp3) is 0.562. The first-order chi connectivity index (χ1) is 9.78. The van der Waals surface area contributed by atoms with Crippen LogP contribution in [0.5, 0.6) is 0 Å². The number of aliphatic hydroxyl groups excluding tert-OH is 1. The van der Waals surface area contributed by atoms with Crippen molar-refractivity contribution in [2.75, 3.05) is 45.9 Å². The first-order valence-corrected chi connectivity index (χ1v) is 7.39. The smallest absolute Gasteiger partial charge is 0.151 e. The van der Waals surface area contributed by atoms with Crippen LogP contribution in [0.3, 0.4) is 0 Å². The summed E-state index contributed by atoms with van der Waals surface area (Å²) < 4.78 is 0. The van der Waals surface area contributed by atoms with Crippen molar-refractivity contribution in [1.29, 1.82) is 0 Å². The lowest BCUT2D eigenvalue weighted by Crippen LogP contribution is -2.35. The minimum absolute atomic E-state index is 0.215. The predicted octanol–water partition coefficient (Wildman–Crippen LogP) is 0.798. The van der Waals surface area contributed by atoms with E-state index in [1.54, 1.807) is 0 Å². The summed E-state index contributed by atoms with van der Waals surface area (Å²) in [5.74, 6) is 0.284. The summed E-state index contributed by atoms with van der Waals surface area (Å²) in [6.07, 6.45) is 1.59. The molecule has 0 saturated carbocycles. The van der Waals surface area contributed by atoms with Gasteiger partial charge >= 0.3 is 0 Å². The minimum Gasteiger partial charge on any atom is -0.395 e. The number of hydrogen-bond donors (Lipinski definition) is 1. The highest BCUT2D eigenvalue weighted by molar-refractivity contribution is 5.82. The molecule has 0 unspecified atom stereocenters. The van der Waals surface area contributed by atoms with Crippen molar-refractivity contribution in [3.05, 3.63) is 35.9 Å². The highest BCUT2D eigenvalue weighted by Crippen LogP contribution is 2.05. The Morgan fingerprint density at radius 1 is 1.05 bits per heavy atom. The van der Waals surface area contributed by atoms with Crippen LogP contribution >= 0.6 is 0 Å². The molecule has 0 radical (unpaired) electrons. The number of ketones is 1. The lowest BCUT2D eigenvalue weighted by Gasteiger charge is -2.20. The van der Waals surface area contributed by atoms with Crippen LogP contribution in [0.2, 0.25) is 0 Å². The van der Waals surface area contributed by atoms with Gasteiger partial charge in [-0.3, -0.25) is 14.6 Å². The molecular weight excluding hydrogens is 252 g/mol. The minimum atomic E-state index is 0.215. The molecule has 1 saturated heterocycles. The molecule has 1 N–H and O–H groups in total. The number of nitrogens with zero attached hydrogens (tertiary/aromatic N) is 2. The van der Waals surface area contributed by atoms with Gasteiger partial charge in [-0.1, -0.05) is 30.3 Å². The molecule has 0 spiro atoms. The summed E-state index contributed by atoms with van der Waals surface area (Å²) in [6.45, 7) is 5.35. The predicted molar refractivity (Wildman–Crippen MR) is 79.7 cm³/mol. The summed E-state index contributed by atoms with van der Waals surface area (Å²) in [5, 5.41) is 8.98. The molecule has 1 fully saturated rings. The van der Waals surface area contributed by atoms with E-state index in [-0.39, 0.29) is 12.4 Å². The standard InChI is InChI=1S/C16H24N2O2/c19-12-11-17-7-4-8-18(10-9-17)14-16(20)13-15-5-2-1-3-6-15/h1-3,5-6,19H,4,7-14H2. The molecule has 1 heterocycles. The Balaban J connectivity index is 1.77. The monoisotopic (exact) mass is 276 g/mol. The summed E-state index contributed by atoms with van der Waals surface area (Å²) in [5.41, 5.74) is 1.09. The molecule has 1 aromatic carbocycles. The third-order valence-electron chi connectivity index (χ3n) is 3.74. The maximum atomic E-state index is 12.1. The zero-order chi connectivity index (χ0) is 14.2. The van der Waals surface area contributed by atoms with Crippen LogP contribution in [0.4, 0.5) is 0 Å². The van der Waals surface area contributed by atoms with Crippen LogP contribution in [0, 0.1) is 0 Å². The molecule has 0 aliphatic carbocycles. The molecule has 0 bridgehead atoms. The van der Waals surface area contributed by atoms with E-state index in [0.29, 0.717) is 13.0 Å². The van der Waals surface area contributed by atoms with E-state index < -0.39 is 0 Å². The van der Waals surface area contributed by atoms with Crippen molar-refractivity contribution in [1.82, 2.24) is 9.80 Å². The van der Waals surface area contributed by atoms with Gasteiger partial charge in [-0.15, -0.1) is 0 Å². The average Bonchev–Trinajstić information content (AvgIpc) is 2.66. The van der Waals surface area contributed by atoms with Crippen molar-refractivity contribution in [2.45, 2.75) is 12.8 Å². The van der Waals surface area contributed by atoms with Crippen molar-refractivity contribution < 1.29 is 9.90 Å². The molecule has 0 amide bonds. The normalized spacial score (nSPS) is 17.9. The van der Waals surface area contributed by atoms with E-state index in [2.05, 4.69) is 9.80 Å². The Hall–Kier alpha value is -1.23. The van der Waals surface area contributed by atoms with Gasteiger partial charge in [0, 0.05) is 26.1 Å². The maximum absolute atomic E-state index is 12.1. The summed E-state index contributed by atoms with van der Waals surface area (Å²) >= 11 is 0. The molecule has 1 aromatic rings. The highest BCUT2D eigenvalue weighted by Gasteiger charge is 2.16. The number of hydrogen-bond acceptors (Lipinski definition) is 4. The van der Waals surface area contributed by atoms with E-state index in [1.165, 1.54) is 0 Å². The summed E-state index contributed by atoms with van der Waals surface area (Å²) in [6, 6.07) is 9.92. The lowest BCUT2D eigenvalue weighted by atomic mass is 10.1. The number of carbonyl (C=O) groups is 1. The first-order valence-electron chi connectivity index (χ1n) is 7.39. The topological polar surface area (TPSA) is 43.8 Å². The largest absolute Gasteiger partial charge is 0.395 e. The fourth-order valence-corrected chi connectivity index (χ4v) is 2.68. The molecule has 0 aromatic heterocycles. The van der Waals surface area contributed by atoms with Gasteiger partial charge in [0.05, 0.1) is 13.2 Å². The van der Waals surface area contributed by atoms with E-state index >= 15 is 0 Å². The van der Waals surface area contributed by atoms with E-state index in [9.17, 15) is 4.79 Å². The van der Waals surface area contributed by atoms with Crippen LogP contribution in [-0.2, 0) is 11.2 Å². The zero-order valence-corrected chi connectivity index (χ0v) is 12.0. The highest BCUT2D eigenvalue weighted by atomic mass is 16.3. The van der Waals surface area contributed by atoms with Crippen LogP contribution in [0.25, 0.3) is 0 Å². The summed E-state index contributed by atoms with van der Waals surface area (Å²) in [7, 11) is 0. The van der Waals surface area contributed by atoms with Gasteiger partial charge in [-0.25, -0.2) is 0 Å². The van der Waals surface area contributed by atoms with Gasteiger partial charge in [0.2, 0.25) is 0 Å². The van der Waals surface area contributed by atoms with E-state index in [0.717, 1.165) is 44.7 Å². The van der Waals surface area contributed by atoms with Gasteiger partial charge in [0.15, 0.2) is 5.78 Å². The number of benzene rings is 1. The van der Waals surface area contributed by atoms with E-state index in [1.807, 2.05) is 30.3 Å². The second-order valence-corrected chi connectivity index (χ2v) is 5.40. The van der Waals surface area contributed by atoms with Gasteiger partial charge < -0.3 is 5.11 Å². The second-order valence-electron chi connectivity index (χ2n) is 5.40. The van der Waals surface area contributed by atoms with Gasteiger partial charge in [-0.2, -0.15) is 0 Å². The molecule has 1 aliphatic rings. The number of rotatable bonds is 6. The maximum Gasteiger partial charge on any atom is 0.151 e. The first kappa shape index (κ1) is 15.2. The molecule has 110 valence electrons. The van der Waals surface area contributed by atoms with Crippen molar-refractivity contribution in [3.63, 3.8) is 0 Å². The van der Waals surface area contributed by atoms with Crippen molar-refractivity contribution >= 4 is 5.78 Å². The zero-order valence-electron chi connectivity index (χ0n) is 12.0. The average molecular weight is 276 g/mol. The van der Waals surface area contributed by atoms with Crippen LogP contribution < -0.4 is 0 Å². The van der Waals surface area contributed by atoms with Gasteiger partial charge in [-0.05, 0) is 25.1 Å². The third-order valence-corrected chi connectivity index (χ3v) is 3.74. The lowest BCUT2D eigenvalue weighted by molar-refractivity contribution is -0.119. The number of aliphatic hydroxyl groups is 1. The second kappa shape index (κ2) is 8.15. The molecule has 4 heteroatoms. The van der Waals surface area contributed by atoms with Crippen molar-refractivity contribution in [2.24, 2.45) is 0 Å². The third kappa shape index (κ3) is 5.04. The molecule has 2 rings (SSSR count). The Bertz CT molecular complexity index is 408. The Kier molecular flexibility index (Phi) is 6.18. The molecule has 20 heavy (non-hydrogen) atoms. The van der Waals surface area contributed by atoms with E-state index in [4.69, 9.17) is 5.11 Å². The summed E-state index contributed by atoms with van der Waals surface area (Å²) in [4.78, 5) is 16.6.